The molecule has 0 spiro atoms. The lowest BCUT2D eigenvalue weighted by molar-refractivity contribution is 1.22. The molecule has 68 valence electrons. The number of aliphatic imine (C=N–C) groups is 1. The number of aromatic nitrogens is 1. The van der Waals surface area contributed by atoms with Crippen molar-refractivity contribution in [3.8, 4) is 0 Å². The molecule has 1 aromatic rings. The van der Waals surface area contributed by atoms with Crippen molar-refractivity contribution >= 4 is 23.0 Å². The predicted octanol–water partition coefficient (Wildman–Crippen LogP) is 2.31. The largest absolute Gasteiger partial charge is 0.255 e. The van der Waals surface area contributed by atoms with E-state index < -0.39 is 0 Å². The summed E-state index contributed by atoms with van der Waals surface area (Å²) in [6.07, 6.45) is 6.28. The van der Waals surface area contributed by atoms with Crippen LogP contribution in [0.2, 0.25) is 0 Å². The number of allylic oxidation sites excluding steroid dienone is 2. The third-order valence-corrected chi connectivity index (χ3v) is 2.19. The van der Waals surface area contributed by atoms with Crippen molar-refractivity contribution in [1.82, 2.24) is 4.98 Å². The van der Waals surface area contributed by atoms with Gasteiger partial charge in [0.1, 0.15) is 5.71 Å². The standard InChI is InChI=1S/C11H8N2S/c14-8-9-4-3-7-13-11(9)10-5-1-2-6-12-10/h1-3,5-7H,4H2. The van der Waals surface area contributed by atoms with Gasteiger partial charge in [-0.2, -0.15) is 0 Å². The van der Waals surface area contributed by atoms with E-state index in [9.17, 15) is 0 Å². The Morgan fingerprint density at radius 2 is 2.29 bits per heavy atom. The molecule has 1 aliphatic heterocycles. The minimum Gasteiger partial charge on any atom is -0.255 e. The summed E-state index contributed by atoms with van der Waals surface area (Å²) >= 11 is 4.82. The van der Waals surface area contributed by atoms with Gasteiger partial charge in [-0.3, -0.25) is 9.98 Å². The zero-order valence-electron chi connectivity index (χ0n) is 7.47. The first-order valence-electron chi connectivity index (χ1n) is 4.30. The van der Waals surface area contributed by atoms with E-state index >= 15 is 0 Å². The summed E-state index contributed by atoms with van der Waals surface area (Å²) in [5.74, 6) is 0. The molecule has 0 fully saturated rings. The Morgan fingerprint density at radius 3 is 3.00 bits per heavy atom. The van der Waals surface area contributed by atoms with Gasteiger partial charge in [-0.05, 0) is 29.4 Å². The Hall–Kier alpha value is -1.57. The van der Waals surface area contributed by atoms with Crippen LogP contribution in [0.1, 0.15) is 12.1 Å². The van der Waals surface area contributed by atoms with Gasteiger partial charge < -0.3 is 0 Å². The SMILES string of the molecule is S=C=C1CC=CN=C1c1ccccn1. The van der Waals surface area contributed by atoms with Crippen molar-refractivity contribution in [2.24, 2.45) is 4.99 Å². The zero-order chi connectivity index (χ0) is 9.80. The Labute approximate surface area is 87.7 Å². The van der Waals surface area contributed by atoms with Gasteiger partial charge in [-0.15, -0.1) is 0 Å². The maximum Gasteiger partial charge on any atom is 0.101 e. The van der Waals surface area contributed by atoms with E-state index in [4.69, 9.17) is 12.2 Å². The van der Waals surface area contributed by atoms with E-state index in [1.165, 1.54) is 0 Å². The number of hydrogen-bond donors (Lipinski definition) is 0. The second kappa shape index (κ2) is 4.09. The summed E-state index contributed by atoms with van der Waals surface area (Å²) in [5, 5.41) is 2.73. The molecular formula is C11H8N2S. The van der Waals surface area contributed by atoms with E-state index in [1.54, 1.807) is 12.4 Å². The fraction of sp³-hybridized carbons (Fsp3) is 0.0909. The number of hydrogen-bond acceptors (Lipinski definition) is 3. The normalized spacial score (nSPS) is 14.9. The van der Waals surface area contributed by atoms with Gasteiger partial charge in [0.25, 0.3) is 0 Å². The topological polar surface area (TPSA) is 25.2 Å². The van der Waals surface area contributed by atoms with Crippen LogP contribution in [0, 0.1) is 0 Å². The fourth-order valence-electron chi connectivity index (χ4n) is 1.29. The van der Waals surface area contributed by atoms with Crippen LogP contribution in [-0.4, -0.2) is 15.7 Å². The highest BCUT2D eigenvalue weighted by Gasteiger charge is 2.11. The van der Waals surface area contributed by atoms with Crippen molar-refractivity contribution in [3.63, 3.8) is 0 Å². The summed E-state index contributed by atoms with van der Waals surface area (Å²) in [6.45, 7) is 0. The van der Waals surface area contributed by atoms with Crippen molar-refractivity contribution in [2.75, 3.05) is 0 Å². The molecule has 0 N–H and O–H groups in total. The molecule has 0 saturated carbocycles. The van der Waals surface area contributed by atoms with Gasteiger partial charge in [0.15, 0.2) is 0 Å². The highest BCUT2D eigenvalue weighted by Crippen LogP contribution is 2.13. The van der Waals surface area contributed by atoms with Crippen molar-refractivity contribution in [2.45, 2.75) is 6.42 Å². The van der Waals surface area contributed by atoms with Crippen molar-refractivity contribution in [1.29, 1.82) is 0 Å². The molecule has 2 nitrogen and oxygen atoms in total. The maximum absolute atomic E-state index is 4.82. The molecule has 0 aliphatic carbocycles. The number of nitrogens with zero attached hydrogens (tertiary/aromatic N) is 2. The summed E-state index contributed by atoms with van der Waals surface area (Å²) < 4.78 is 0. The van der Waals surface area contributed by atoms with E-state index in [-0.39, 0.29) is 0 Å². The Balaban J connectivity index is 2.48. The summed E-state index contributed by atoms with van der Waals surface area (Å²) in [4.78, 5) is 8.49. The molecule has 0 radical (unpaired) electrons. The van der Waals surface area contributed by atoms with Crippen LogP contribution >= 0.6 is 12.2 Å². The molecule has 0 aromatic carbocycles. The molecule has 0 saturated heterocycles. The van der Waals surface area contributed by atoms with Crippen molar-refractivity contribution < 1.29 is 0 Å². The van der Waals surface area contributed by atoms with Gasteiger partial charge >= 0.3 is 0 Å². The minimum atomic E-state index is 0.791. The van der Waals surface area contributed by atoms with Gasteiger partial charge in [0.05, 0.1) is 5.69 Å². The van der Waals surface area contributed by atoms with Crippen LogP contribution in [0.4, 0.5) is 0 Å². The third kappa shape index (κ3) is 1.69. The monoisotopic (exact) mass is 200 g/mol. The average Bonchev–Trinajstić information content (AvgIpc) is 2.30. The van der Waals surface area contributed by atoms with E-state index in [0.717, 1.165) is 23.4 Å². The van der Waals surface area contributed by atoms with Crippen molar-refractivity contribution in [3.05, 3.63) is 47.9 Å². The Morgan fingerprint density at radius 1 is 1.36 bits per heavy atom. The smallest absolute Gasteiger partial charge is 0.101 e. The lowest BCUT2D eigenvalue weighted by atomic mass is 10.0. The van der Waals surface area contributed by atoms with Gasteiger partial charge in [-0.25, -0.2) is 0 Å². The summed E-state index contributed by atoms with van der Waals surface area (Å²) in [7, 11) is 0. The van der Waals surface area contributed by atoms with Gasteiger partial charge in [0.2, 0.25) is 0 Å². The fourth-order valence-corrected chi connectivity index (χ4v) is 1.47. The van der Waals surface area contributed by atoms with Crippen LogP contribution in [-0.2, 0) is 0 Å². The Kier molecular flexibility index (Phi) is 2.63. The first-order chi connectivity index (χ1) is 6.92. The second-order valence-electron chi connectivity index (χ2n) is 2.86. The molecule has 3 heteroatoms. The molecule has 0 atom stereocenters. The van der Waals surface area contributed by atoms with Crippen LogP contribution in [0.25, 0.3) is 0 Å². The molecule has 0 unspecified atom stereocenters. The third-order valence-electron chi connectivity index (χ3n) is 1.95. The quantitative estimate of drug-likeness (QED) is 0.650. The van der Waals surface area contributed by atoms with E-state index in [1.807, 2.05) is 24.3 Å². The first-order valence-corrected chi connectivity index (χ1v) is 4.71. The van der Waals surface area contributed by atoms with Crippen LogP contribution < -0.4 is 0 Å². The lowest BCUT2D eigenvalue weighted by Crippen LogP contribution is -2.08. The summed E-state index contributed by atoms with van der Waals surface area (Å²) in [6, 6.07) is 5.73. The van der Waals surface area contributed by atoms with Crippen LogP contribution in [0.5, 0.6) is 0 Å². The molecule has 1 aliphatic rings. The first kappa shape index (κ1) is 9.00. The lowest BCUT2D eigenvalue weighted by Gasteiger charge is -2.08. The van der Waals surface area contributed by atoms with Crippen LogP contribution in [0.3, 0.4) is 0 Å². The predicted molar refractivity (Wildman–Crippen MR) is 60.6 cm³/mol. The maximum atomic E-state index is 4.82. The highest BCUT2D eigenvalue weighted by atomic mass is 32.1. The number of rotatable bonds is 1. The molecule has 0 bridgehead atoms. The molecule has 0 amide bonds. The highest BCUT2D eigenvalue weighted by molar-refractivity contribution is 7.78. The average molecular weight is 200 g/mol. The molecular weight excluding hydrogens is 192 g/mol. The molecule has 2 rings (SSSR count). The van der Waals surface area contributed by atoms with Gasteiger partial charge in [-0.1, -0.05) is 12.1 Å². The van der Waals surface area contributed by atoms with E-state index in [0.29, 0.717) is 0 Å². The number of pyridine rings is 1. The zero-order valence-corrected chi connectivity index (χ0v) is 8.29. The number of thiocarbonyl (C=S) groups is 1. The Bertz CT molecular complexity index is 440. The second-order valence-corrected chi connectivity index (χ2v) is 3.07. The summed E-state index contributed by atoms with van der Waals surface area (Å²) in [5.41, 5.74) is 2.62. The molecule has 2 heterocycles. The molecule has 14 heavy (non-hydrogen) atoms. The van der Waals surface area contributed by atoms with E-state index in [2.05, 4.69) is 15.0 Å². The van der Waals surface area contributed by atoms with Gasteiger partial charge in [0, 0.05) is 24.4 Å². The minimum absolute atomic E-state index is 0.791. The molecule has 1 aromatic heterocycles. The van der Waals surface area contributed by atoms with Crippen LogP contribution in [0.15, 0.2) is 47.2 Å².